The summed E-state index contributed by atoms with van der Waals surface area (Å²) in [5.41, 5.74) is 3.25. The van der Waals surface area contributed by atoms with Gasteiger partial charge < -0.3 is 19.9 Å². The number of nitrogens with one attached hydrogen (secondary N) is 2. The average molecular weight is 846 g/mol. The van der Waals surface area contributed by atoms with Crippen LogP contribution in [-0.2, 0) is 9.59 Å². The van der Waals surface area contributed by atoms with Gasteiger partial charge in [0.15, 0.2) is 0 Å². The largest absolute Gasteiger partial charge is 0.489 e. The summed E-state index contributed by atoms with van der Waals surface area (Å²) in [7, 11) is 0. The Kier molecular flexibility index (Phi) is 10.2. The third-order valence-electron chi connectivity index (χ3n) is 14.6. The van der Waals surface area contributed by atoms with Crippen molar-refractivity contribution in [2.75, 3.05) is 49.1 Å². The number of piperidine rings is 1. The van der Waals surface area contributed by atoms with Gasteiger partial charge in [0.25, 0.3) is 17.7 Å². The minimum absolute atomic E-state index is 0.0962. The van der Waals surface area contributed by atoms with Gasteiger partial charge >= 0.3 is 0 Å². The number of rotatable bonds is 8. The summed E-state index contributed by atoms with van der Waals surface area (Å²) < 4.78 is 6.39. The molecule has 5 fully saturated rings. The van der Waals surface area contributed by atoms with Gasteiger partial charge in [0.2, 0.25) is 11.8 Å². The highest BCUT2D eigenvalue weighted by Gasteiger charge is 2.64. The first-order chi connectivity index (χ1) is 29.1. The lowest BCUT2D eigenvalue weighted by atomic mass is 9.49. The second-order valence-electron chi connectivity index (χ2n) is 19.1. The molecule has 13 nitrogen and oxygen atoms in total. The topological polar surface area (TPSA) is 155 Å². The first-order valence-electron chi connectivity index (χ1n) is 21.5. The van der Waals surface area contributed by atoms with Gasteiger partial charge in [0, 0.05) is 97.0 Å². The number of anilines is 2. The molecule has 3 saturated heterocycles. The van der Waals surface area contributed by atoms with Crippen molar-refractivity contribution in [2.24, 2.45) is 16.2 Å². The van der Waals surface area contributed by atoms with E-state index in [-0.39, 0.29) is 53.0 Å². The van der Waals surface area contributed by atoms with E-state index in [1.165, 1.54) is 0 Å². The number of amides is 5. The van der Waals surface area contributed by atoms with Crippen LogP contribution in [0, 0.1) is 27.6 Å². The minimum atomic E-state index is -0.967. The number of halogens is 1. The van der Waals surface area contributed by atoms with Gasteiger partial charge in [-0.15, -0.1) is 0 Å². The Morgan fingerprint density at radius 2 is 1.48 bits per heavy atom. The third kappa shape index (κ3) is 7.11. The minimum Gasteiger partial charge on any atom is -0.489 e. The first kappa shape index (κ1) is 40.9. The Morgan fingerprint density at radius 1 is 0.820 bits per heavy atom. The number of ether oxygens (including phenoxy) is 1. The van der Waals surface area contributed by atoms with Gasteiger partial charge in [-0.05, 0) is 86.7 Å². The Balaban J connectivity index is 0.731. The number of piperazine rings is 1. The van der Waals surface area contributed by atoms with Crippen LogP contribution in [0.2, 0.25) is 5.02 Å². The van der Waals surface area contributed by atoms with Gasteiger partial charge in [-0.25, -0.2) is 0 Å². The summed E-state index contributed by atoms with van der Waals surface area (Å²) in [6, 6.07) is 20.0. The number of nitrogens with zero attached hydrogens (tertiary/aromatic N) is 5. The Morgan fingerprint density at radius 3 is 2.11 bits per heavy atom. The van der Waals surface area contributed by atoms with E-state index in [1.54, 1.807) is 30.3 Å². The van der Waals surface area contributed by atoms with E-state index >= 15 is 0 Å². The molecule has 61 heavy (non-hydrogen) atoms. The number of carbonyl (C=O) groups excluding carboxylic acids is 5. The predicted molar refractivity (Wildman–Crippen MR) is 230 cm³/mol. The molecular weight excluding hydrogens is 794 g/mol. The maximum atomic E-state index is 13.5. The van der Waals surface area contributed by atoms with E-state index < -0.39 is 23.8 Å². The molecule has 1 spiro atoms. The molecule has 2 saturated carbocycles. The predicted octanol–water partition coefficient (Wildman–Crippen LogP) is 5.80. The summed E-state index contributed by atoms with van der Waals surface area (Å²) in [5.74, 6) is -1.45. The van der Waals surface area contributed by atoms with E-state index in [0.29, 0.717) is 39.1 Å². The molecule has 0 bridgehead atoms. The van der Waals surface area contributed by atoms with Crippen molar-refractivity contribution >= 4 is 52.5 Å². The third-order valence-corrected chi connectivity index (χ3v) is 14.9. The van der Waals surface area contributed by atoms with Crippen LogP contribution in [0.4, 0.5) is 11.4 Å². The molecule has 9 rings (SSSR count). The van der Waals surface area contributed by atoms with Crippen molar-refractivity contribution in [3.63, 3.8) is 0 Å². The molecule has 4 heterocycles. The van der Waals surface area contributed by atoms with Gasteiger partial charge in [0.1, 0.15) is 24.0 Å². The Labute approximate surface area is 361 Å². The monoisotopic (exact) mass is 845 g/mol. The molecule has 3 aromatic rings. The highest BCUT2D eigenvalue weighted by atomic mass is 35.5. The zero-order valence-corrected chi connectivity index (χ0v) is 35.9. The molecule has 1 atom stereocenters. The van der Waals surface area contributed by atoms with Crippen molar-refractivity contribution in [3.05, 3.63) is 87.9 Å². The standard InChI is InChI=1S/C47H52ClN7O6/c1-45(2)43(46(3,4)44(45)61-33-11-7-29(25-49)36(48)24-33)51-39(57)28-5-8-30(9-6-28)52-19-21-53(22-20-52)31-15-17-47(18-16-31)26-54(27-47)32-10-12-34-35(23-32)42(60)55(41(34)59)37-13-14-38(56)50-40(37)58/h5-12,23-24,31,37,43-44H,13-22,26-27H2,1-4H3,(H,51,57)(H,50,56,58)/t37?,43-,44-. The zero-order chi connectivity index (χ0) is 43.0. The van der Waals surface area contributed by atoms with Crippen molar-refractivity contribution in [3.8, 4) is 11.8 Å². The molecule has 6 aliphatic rings. The van der Waals surface area contributed by atoms with Crippen molar-refractivity contribution in [1.82, 2.24) is 20.4 Å². The van der Waals surface area contributed by atoms with Crippen molar-refractivity contribution in [2.45, 2.75) is 90.4 Å². The van der Waals surface area contributed by atoms with E-state index in [9.17, 15) is 29.2 Å². The van der Waals surface area contributed by atoms with Crippen LogP contribution in [0.1, 0.15) is 103 Å². The van der Waals surface area contributed by atoms with Crippen LogP contribution in [-0.4, -0.2) is 103 Å². The number of carbonyl (C=O) groups is 5. The summed E-state index contributed by atoms with van der Waals surface area (Å²) in [6.45, 7) is 14.1. The molecule has 318 valence electrons. The lowest BCUT2D eigenvalue weighted by Gasteiger charge is -2.63. The number of imide groups is 2. The molecule has 14 heteroatoms. The summed E-state index contributed by atoms with van der Waals surface area (Å²) in [4.78, 5) is 72.5. The molecule has 2 N–H and O–H groups in total. The molecule has 0 aromatic heterocycles. The number of hydrogen-bond acceptors (Lipinski definition) is 10. The fourth-order valence-electron chi connectivity index (χ4n) is 11.5. The summed E-state index contributed by atoms with van der Waals surface area (Å²) in [5, 5.41) is 15.1. The van der Waals surface area contributed by atoms with Crippen molar-refractivity contribution < 1.29 is 28.7 Å². The fraction of sp³-hybridized carbons (Fsp3) is 0.489. The summed E-state index contributed by atoms with van der Waals surface area (Å²) in [6.07, 6.45) is 4.67. The van der Waals surface area contributed by atoms with Crippen LogP contribution in [0.5, 0.6) is 5.75 Å². The average Bonchev–Trinajstić information content (AvgIpc) is 3.48. The molecule has 1 unspecified atom stereocenters. The Bertz CT molecular complexity index is 2330. The lowest BCUT2D eigenvalue weighted by molar-refractivity contribution is -0.164. The second kappa shape index (κ2) is 15.2. The van der Waals surface area contributed by atoms with Gasteiger partial charge in [0.05, 0.1) is 21.7 Å². The molecule has 3 aromatic carbocycles. The van der Waals surface area contributed by atoms with Crippen LogP contribution >= 0.6 is 11.6 Å². The molecule has 2 aliphatic carbocycles. The molecule has 4 aliphatic heterocycles. The molecule has 0 radical (unpaired) electrons. The SMILES string of the molecule is CC1(C)[C@H](NC(=O)c2ccc(N3CCN(C4CCC5(CC4)CN(c4ccc6c(c4)C(=O)N(C4CCC(=O)NC4=O)C6=O)C5)CC3)cc2)C(C)(C)[C@H]1Oc1ccc(C#N)c(Cl)c1. The highest BCUT2D eigenvalue weighted by Crippen LogP contribution is 2.56. The maximum Gasteiger partial charge on any atom is 0.262 e. The zero-order valence-electron chi connectivity index (χ0n) is 35.1. The smallest absolute Gasteiger partial charge is 0.262 e. The number of fused-ring (bicyclic) bond motifs is 1. The van der Waals surface area contributed by atoms with Gasteiger partial charge in [-0.3, -0.25) is 39.1 Å². The normalized spacial score (nSPS) is 25.6. The lowest BCUT2D eigenvalue weighted by Crippen LogP contribution is -2.74. The van der Waals surface area contributed by atoms with E-state index in [0.717, 1.165) is 81.2 Å². The quantitative estimate of drug-likeness (QED) is 0.266. The first-order valence-corrected chi connectivity index (χ1v) is 21.8. The van der Waals surface area contributed by atoms with Crippen LogP contribution in [0.15, 0.2) is 60.7 Å². The van der Waals surface area contributed by atoms with Crippen LogP contribution in [0.3, 0.4) is 0 Å². The fourth-order valence-corrected chi connectivity index (χ4v) is 11.7. The van der Waals surface area contributed by atoms with E-state index in [1.807, 2.05) is 18.2 Å². The van der Waals surface area contributed by atoms with E-state index in [2.05, 4.69) is 71.2 Å². The van der Waals surface area contributed by atoms with Crippen molar-refractivity contribution in [1.29, 1.82) is 5.26 Å². The highest BCUT2D eigenvalue weighted by molar-refractivity contribution is 6.31. The number of hydrogen-bond donors (Lipinski definition) is 2. The maximum absolute atomic E-state index is 13.5. The van der Waals surface area contributed by atoms with Gasteiger partial charge in [-0.1, -0.05) is 39.3 Å². The molecule has 5 amide bonds. The second-order valence-corrected chi connectivity index (χ2v) is 19.5. The van der Waals surface area contributed by atoms with E-state index in [4.69, 9.17) is 16.3 Å². The number of nitriles is 1. The molecular formula is C47H52ClN7O6. The summed E-state index contributed by atoms with van der Waals surface area (Å²) >= 11 is 6.26. The number of benzene rings is 3. The van der Waals surface area contributed by atoms with Crippen LogP contribution in [0.25, 0.3) is 0 Å². The van der Waals surface area contributed by atoms with Crippen LogP contribution < -0.4 is 25.2 Å². The van der Waals surface area contributed by atoms with Gasteiger partial charge in [-0.2, -0.15) is 5.26 Å². The Hall–Kier alpha value is -5.45.